The van der Waals surface area contributed by atoms with Gasteiger partial charge in [0.25, 0.3) is 0 Å². The van der Waals surface area contributed by atoms with E-state index in [0.29, 0.717) is 11.3 Å². The van der Waals surface area contributed by atoms with Crippen LogP contribution < -0.4 is 4.90 Å². The van der Waals surface area contributed by atoms with Crippen LogP contribution in [0.3, 0.4) is 0 Å². The van der Waals surface area contributed by atoms with E-state index in [0.717, 1.165) is 48.3 Å². The van der Waals surface area contributed by atoms with Crippen LogP contribution in [0, 0.1) is 6.92 Å². The van der Waals surface area contributed by atoms with Crippen molar-refractivity contribution >= 4 is 39.0 Å². The molecule has 0 aliphatic carbocycles. The van der Waals surface area contributed by atoms with Gasteiger partial charge in [-0.25, -0.2) is 4.98 Å². The Morgan fingerprint density at radius 1 is 1.21 bits per heavy atom. The number of fused-ring (bicyclic) bond motifs is 1. The van der Waals surface area contributed by atoms with Gasteiger partial charge in [0.1, 0.15) is 10.6 Å². The summed E-state index contributed by atoms with van der Waals surface area (Å²) in [5.74, 6) is 0.923. The summed E-state index contributed by atoms with van der Waals surface area (Å²) in [5.41, 5.74) is 3.74. The summed E-state index contributed by atoms with van der Waals surface area (Å²) in [6.45, 7) is 5.45. The summed E-state index contributed by atoms with van der Waals surface area (Å²) < 4.78 is 0. The molecular weight excluding hydrogens is 390 g/mol. The molecule has 1 saturated heterocycles. The molecule has 4 nitrogen and oxygen atoms in total. The second-order valence-corrected chi connectivity index (χ2v) is 8.98. The van der Waals surface area contributed by atoms with Crippen LogP contribution in [0.4, 0.5) is 5.82 Å². The Morgan fingerprint density at radius 3 is 2.71 bits per heavy atom. The molecule has 1 fully saturated rings. The van der Waals surface area contributed by atoms with Crippen molar-refractivity contribution in [3.05, 3.63) is 40.0 Å². The van der Waals surface area contributed by atoms with Gasteiger partial charge in [0.2, 0.25) is 5.28 Å². The van der Waals surface area contributed by atoms with Gasteiger partial charge in [0, 0.05) is 29.6 Å². The number of hydrogen-bond acceptors (Lipinski definition) is 5. The van der Waals surface area contributed by atoms with Crippen molar-refractivity contribution in [2.24, 2.45) is 0 Å². The predicted molar refractivity (Wildman–Crippen MR) is 119 cm³/mol. The summed E-state index contributed by atoms with van der Waals surface area (Å²) in [6, 6.07) is 9.10. The molecule has 0 saturated carbocycles. The summed E-state index contributed by atoms with van der Waals surface area (Å²) in [4.78, 5) is 13.8. The van der Waals surface area contributed by atoms with Gasteiger partial charge in [0.15, 0.2) is 0 Å². The highest BCUT2D eigenvalue weighted by Crippen LogP contribution is 2.43. The third-order valence-electron chi connectivity index (χ3n) is 5.69. The summed E-state index contributed by atoms with van der Waals surface area (Å²) >= 11 is 8.00. The number of anilines is 1. The quantitative estimate of drug-likeness (QED) is 0.549. The van der Waals surface area contributed by atoms with Crippen molar-refractivity contribution in [3.63, 3.8) is 0 Å². The molecule has 1 aliphatic rings. The number of nitrogens with zero attached hydrogens (tertiary/aromatic N) is 3. The third-order valence-corrected chi connectivity index (χ3v) is 6.86. The maximum Gasteiger partial charge on any atom is 0.225 e. The predicted octanol–water partition coefficient (Wildman–Crippen LogP) is 5.62. The zero-order chi connectivity index (χ0) is 19.7. The lowest BCUT2D eigenvalue weighted by molar-refractivity contribution is 0.262. The van der Waals surface area contributed by atoms with Crippen LogP contribution in [0.2, 0.25) is 5.28 Å². The molecule has 4 rings (SSSR count). The Hall–Kier alpha value is -1.69. The molecule has 148 valence electrons. The normalized spacial score (nSPS) is 17.4. The van der Waals surface area contributed by atoms with Crippen molar-refractivity contribution in [1.82, 2.24) is 9.97 Å². The van der Waals surface area contributed by atoms with Crippen LogP contribution in [-0.2, 0) is 6.42 Å². The lowest BCUT2D eigenvalue weighted by Gasteiger charge is -2.37. The average Bonchev–Trinajstić information content (AvgIpc) is 3.03. The Labute approximate surface area is 175 Å². The van der Waals surface area contributed by atoms with Gasteiger partial charge in [0.05, 0.1) is 5.39 Å². The first-order chi connectivity index (χ1) is 13.6. The first kappa shape index (κ1) is 19.6. The number of piperidine rings is 1. The van der Waals surface area contributed by atoms with Crippen molar-refractivity contribution < 1.29 is 5.11 Å². The number of aromatic nitrogens is 2. The molecule has 0 bridgehead atoms. The molecule has 1 aromatic carbocycles. The van der Waals surface area contributed by atoms with E-state index in [2.05, 4.69) is 48.0 Å². The van der Waals surface area contributed by atoms with Gasteiger partial charge in [-0.15, -0.1) is 11.3 Å². The number of aliphatic hydroxyl groups is 1. The van der Waals surface area contributed by atoms with E-state index in [-0.39, 0.29) is 6.61 Å². The molecule has 2 aromatic heterocycles. The molecule has 28 heavy (non-hydrogen) atoms. The zero-order valence-electron chi connectivity index (χ0n) is 16.4. The van der Waals surface area contributed by atoms with E-state index in [9.17, 15) is 5.11 Å². The van der Waals surface area contributed by atoms with E-state index < -0.39 is 0 Å². The molecule has 1 N–H and O–H groups in total. The van der Waals surface area contributed by atoms with Crippen LogP contribution in [0.1, 0.15) is 43.0 Å². The molecule has 3 heterocycles. The standard InChI is InChI=1S/C22H26ClN3OS/c1-3-15-7-9-16(10-8-15)18-14(2)28-21-19(18)20(24-22(23)25-21)26-12-5-4-6-17(26)11-13-27/h7-10,17,27H,3-6,11-13H2,1-2H3. The fraction of sp³-hybridized carbons (Fsp3) is 0.455. The van der Waals surface area contributed by atoms with Crippen LogP contribution in [0.5, 0.6) is 0 Å². The van der Waals surface area contributed by atoms with Gasteiger partial charge in [-0.05, 0) is 61.8 Å². The van der Waals surface area contributed by atoms with E-state index in [4.69, 9.17) is 16.6 Å². The number of hydrogen-bond donors (Lipinski definition) is 1. The fourth-order valence-corrected chi connectivity index (χ4v) is 5.51. The van der Waals surface area contributed by atoms with E-state index in [1.54, 1.807) is 11.3 Å². The van der Waals surface area contributed by atoms with Crippen molar-refractivity contribution in [1.29, 1.82) is 0 Å². The van der Waals surface area contributed by atoms with Gasteiger partial charge in [-0.1, -0.05) is 31.2 Å². The molecule has 1 unspecified atom stereocenters. The first-order valence-electron chi connectivity index (χ1n) is 10.1. The van der Waals surface area contributed by atoms with Crippen LogP contribution in [-0.4, -0.2) is 34.3 Å². The number of halogens is 1. The molecule has 1 atom stereocenters. The van der Waals surface area contributed by atoms with Crippen molar-refractivity contribution in [2.75, 3.05) is 18.1 Å². The van der Waals surface area contributed by atoms with E-state index in [1.165, 1.54) is 28.0 Å². The number of aliphatic hydroxyl groups excluding tert-OH is 1. The van der Waals surface area contributed by atoms with E-state index in [1.807, 2.05) is 0 Å². The highest BCUT2D eigenvalue weighted by atomic mass is 35.5. The number of benzene rings is 1. The summed E-state index contributed by atoms with van der Waals surface area (Å²) in [7, 11) is 0. The number of aryl methyl sites for hydroxylation is 2. The van der Waals surface area contributed by atoms with Crippen LogP contribution in [0.15, 0.2) is 24.3 Å². The number of thiophene rings is 1. The Balaban J connectivity index is 1.90. The lowest BCUT2D eigenvalue weighted by Crippen LogP contribution is -2.40. The molecule has 0 radical (unpaired) electrons. The van der Waals surface area contributed by atoms with Gasteiger partial charge in [-0.3, -0.25) is 0 Å². The van der Waals surface area contributed by atoms with Gasteiger partial charge < -0.3 is 10.0 Å². The average molecular weight is 416 g/mol. The molecule has 1 aliphatic heterocycles. The zero-order valence-corrected chi connectivity index (χ0v) is 18.0. The minimum Gasteiger partial charge on any atom is -0.396 e. The molecule has 0 spiro atoms. The van der Waals surface area contributed by atoms with Crippen molar-refractivity contribution in [3.8, 4) is 11.1 Å². The highest BCUT2D eigenvalue weighted by Gasteiger charge is 2.28. The maximum absolute atomic E-state index is 9.55. The van der Waals surface area contributed by atoms with Gasteiger partial charge >= 0.3 is 0 Å². The molecule has 6 heteroatoms. The Kier molecular flexibility index (Phi) is 5.85. The largest absolute Gasteiger partial charge is 0.396 e. The Morgan fingerprint density at radius 2 is 2.00 bits per heavy atom. The third kappa shape index (κ3) is 3.63. The van der Waals surface area contributed by atoms with Crippen LogP contribution in [0.25, 0.3) is 21.3 Å². The van der Waals surface area contributed by atoms with E-state index >= 15 is 0 Å². The fourth-order valence-electron chi connectivity index (χ4n) is 4.26. The summed E-state index contributed by atoms with van der Waals surface area (Å²) in [6.07, 6.45) is 5.19. The maximum atomic E-state index is 9.55. The molecule has 3 aromatic rings. The lowest BCUT2D eigenvalue weighted by atomic mass is 9.97. The molecular formula is C22H26ClN3OS. The monoisotopic (exact) mass is 415 g/mol. The Bertz CT molecular complexity index is 968. The smallest absolute Gasteiger partial charge is 0.225 e. The highest BCUT2D eigenvalue weighted by molar-refractivity contribution is 7.19. The van der Waals surface area contributed by atoms with Gasteiger partial charge in [-0.2, -0.15) is 4.98 Å². The first-order valence-corrected chi connectivity index (χ1v) is 11.2. The topological polar surface area (TPSA) is 49.2 Å². The minimum atomic E-state index is 0.192. The van der Waals surface area contributed by atoms with Crippen molar-refractivity contribution in [2.45, 2.75) is 52.0 Å². The minimum absolute atomic E-state index is 0.192. The second kappa shape index (κ2) is 8.36. The summed E-state index contributed by atoms with van der Waals surface area (Å²) in [5, 5.41) is 10.9. The number of rotatable bonds is 5. The van der Waals surface area contributed by atoms with Crippen LogP contribution >= 0.6 is 22.9 Å². The second-order valence-electron chi connectivity index (χ2n) is 7.44. The SMILES string of the molecule is CCc1ccc(-c2c(C)sc3nc(Cl)nc(N4CCCCC4CCO)c23)cc1. The molecule has 0 amide bonds.